The lowest BCUT2D eigenvalue weighted by Gasteiger charge is -2.32. The molecule has 0 spiro atoms. The number of hydrogen-bond acceptors (Lipinski definition) is 8. The highest BCUT2D eigenvalue weighted by Crippen LogP contribution is 2.29. The smallest absolute Gasteiger partial charge is 0.252 e. The summed E-state index contributed by atoms with van der Waals surface area (Å²) in [5.41, 5.74) is 1.59. The highest BCUT2D eigenvalue weighted by Gasteiger charge is 2.20. The van der Waals surface area contributed by atoms with Crippen molar-refractivity contribution >= 4 is 11.0 Å². The number of piperidine rings is 1. The topological polar surface area (TPSA) is 90.7 Å². The minimum Gasteiger partial charge on any atom is -0.486 e. The Morgan fingerprint density at radius 1 is 1.09 bits per heavy atom. The molecule has 9 heteroatoms. The Balaban J connectivity index is 1.13. The van der Waals surface area contributed by atoms with Gasteiger partial charge in [0.2, 0.25) is 5.88 Å². The monoisotopic (exact) mass is 451 g/mol. The maximum Gasteiger partial charge on any atom is 0.252 e. The summed E-state index contributed by atoms with van der Waals surface area (Å²) in [5, 5.41) is 4.56. The molecule has 3 aromatic rings. The van der Waals surface area contributed by atoms with E-state index in [1.165, 1.54) is 0 Å². The summed E-state index contributed by atoms with van der Waals surface area (Å²) >= 11 is 0. The van der Waals surface area contributed by atoms with Crippen molar-refractivity contribution in [2.45, 2.75) is 32.0 Å². The molecular formula is C24H29N5O4. The van der Waals surface area contributed by atoms with Crippen molar-refractivity contribution in [3.8, 4) is 17.4 Å². The van der Waals surface area contributed by atoms with Gasteiger partial charge in [-0.2, -0.15) is 4.98 Å². The lowest BCUT2D eigenvalue weighted by molar-refractivity contribution is 0.170. The maximum absolute atomic E-state index is 12.5. The van der Waals surface area contributed by atoms with Crippen LogP contribution < -0.4 is 25.1 Å². The van der Waals surface area contributed by atoms with Crippen LogP contribution in [0.1, 0.15) is 18.5 Å². The van der Waals surface area contributed by atoms with Crippen molar-refractivity contribution in [1.29, 1.82) is 0 Å². The van der Waals surface area contributed by atoms with Crippen molar-refractivity contribution < 1.29 is 14.2 Å². The fourth-order valence-corrected chi connectivity index (χ4v) is 4.41. The molecule has 1 fully saturated rings. The van der Waals surface area contributed by atoms with Gasteiger partial charge in [0, 0.05) is 49.3 Å². The Kier molecular flexibility index (Phi) is 6.41. The molecule has 0 amide bonds. The van der Waals surface area contributed by atoms with E-state index in [1.54, 1.807) is 23.9 Å². The third kappa shape index (κ3) is 4.94. The number of pyridine rings is 3. The van der Waals surface area contributed by atoms with Crippen LogP contribution in [0.25, 0.3) is 11.0 Å². The number of rotatable bonds is 7. The Bertz CT molecular complexity index is 1170. The third-order valence-corrected chi connectivity index (χ3v) is 6.30. The highest BCUT2D eigenvalue weighted by atomic mass is 16.6. The number of aromatic nitrogens is 3. The number of nitrogens with one attached hydrogen (secondary N) is 1. The summed E-state index contributed by atoms with van der Waals surface area (Å²) in [6.45, 7) is 5.26. The van der Waals surface area contributed by atoms with Gasteiger partial charge in [-0.25, -0.2) is 0 Å². The third-order valence-electron chi connectivity index (χ3n) is 6.30. The summed E-state index contributed by atoms with van der Waals surface area (Å²) in [4.78, 5) is 23.9. The Hall–Kier alpha value is -3.17. The first-order valence-corrected chi connectivity index (χ1v) is 11.4. The molecule has 3 aromatic heterocycles. The molecule has 33 heavy (non-hydrogen) atoms. The van der Waals surface area contributed by atoms with Crippen LogP contribution in [0.15, 0.2) is 41.3 Å². The van der Waals surface area contributed by atoms with Gasteiger partial charge in [0.05, 0.1) is 19.0 Å². The van der Waals surface area contributed by atoms with Gasteiger partial charge in [-0.15, -0.1) is 0 Å². The van der Waals surface area contributed by atoms with E-state index in [0.29, 0.717) is 43.9 Å². The van der Waals surface area contributed by atoms with Crippen molar-refractivity contribution in [2.24, 2.45) is 0 Å². The van der Waals surface area contributed by atoms with Crippen LogP contribution >= 0.6 is 0 Å². The number of hydrogen-bond donors (Lipinski definition) is 1. The second-order valence-electron chi connectivity index (χ2n) is 8.41. The van der Waals surface area contributed by atoms with E-state index in [1.807, 2.05) is 24.3 Å². The van der Waals surface area contributed by atoms with E-state index in [0.717, 1.165) is 55.1 Å². The minimum atomic E-state index is -0.0354. The fraction of sp³-hybridized carbons (Fsp3) is 0.458. The molecule has 0 aromatic carbocycles. The second-order valence-corrected chi connectivity index (χ2v) is 8.41. The van der Waals surface area contributed by atoms with Gasteiger partial charge < -0.3 is 24.4 Å². The number of fused-ring (bicyclic) bond motifs is 2. The molecule has 1 N–H and O–H groups in total. The molecule has 174 valence electrons. The second kappa shape index (κ2) is 9.76. The molecule has 9 nitrogen and oxygen atoms in total. The SMILES string of the molecule is COc1ccc2ccc(=O)n(CCN3CCC(NCc4cc5c(cn4)OCCO5)CC3)c2n1. The van der Waals surface area contributed by atoms with Crippen LogP contribution in [-0.2, 0) is 13.1 Å². The van der Waals surface area contributed by atoms with Crippen molar-refractivity contribution in [3.05, 3.63) is 52.6 Å². The zero-order valence-corrected chi connectivity index (χ0v) is 18.8. The summed E-state index contributed by atoms with van der Waals surface area (Å²) in [7, 11) is 1.58. The molecule has 2 aliphatic rings. The van der Waals surface area contributed by atoms with Crippen LogP contribution in [0.4, 0.5) is 0 Å². The summed E-state index contributed by atoms with van der Waals surface area (Å²) < 4.78 is 18.2. The largest absolute Gasteiger partial charge is 0.486 e. The van der Waals surface area contributed by atoms with Crippen molar-refractivity contribution in [3.63, 3.8) is 0 Å². The van der Waals surface area contributed by atoms with Crippen LogP contribution in [0.3, 0.4) is 0 Å². The molecule has 5 rings (SSSR count). The van der Waals surface area contributed by atoms with Gasteiger partial charge in [-0.1, -0.05) is 0 Å². The van der Waals surface area contributed by atoms with Gasteiger partial charge in [0.1, 0.15) is 18.9 Å². The van der Waals surface area contributed by atoms with Crippen LogP contribution in [0, 0.1) is 0 Å². The first-order chi connectivity index (χ1) is 16.2. The molecule has 0 radical (unpaired) electrons. The number of methoxy groups -OCH3 is 1. The van der Waals surface area contributed by atoms with Crippen LogP contribution in [0.2, 0.25) is 0 Å². The molecule has 0 unspecified atom stereocenters. The predicted molar refractivity (Wildman–Crippen MR) is 124 cm³/mol. The molecule has 0 aliphatic carbocycles. The Morgan fingerprint density at radius 3 is 2.70 bits per heavy atom. The van der Waals surface area contributed by atoms with Gasteiger partial charge in [0.25, 0.3) is 5.56 Å². The molecule has 1 saturated heterocycles. The van der Waals surface area contributed by atoms with Crippen molar-refractivity contribution in [1.82, 2.24) is 24.8 Å². The summed E-state index contributed by atoms with van der Waals surface area (Å²) in [6.07, 6.45) is 3.86. The van der Waals surface area contributed by atoms with Crippen LogP contribution in [0.5, 0.6) is 17.4 Å². The first-order valence-electron chi connectivity index (χ1n) is 11.4. The fourth-order valence-electron chi connectivity index (χ4n) is 4.41. The van der Waals surface area contributed by atoms with Crippen LogP contribution in [-0.4, -0.2) is 65.4 Å². The van der Waals surface area contributed by atoms with E-state index in [4.69, 9.17) is 14.2 Å². The summed E-state index contributed by atoms with van der Waals surface area (Å²) in [5.74, 6) is 2.01. The zero-order chi connectivity index (χ0) is 22.6. The lowest BCUT2D eigenvalue weighted by atomic mass is 10.0. The van der Waals surface area contributed by atoms with Gasteiger partial charge in [-0.3, -0.25) is 14.3 Å². The van der Waals surface area contributed by atoms with Crippen molar-refractivity contribution in [2.75, 3.05) is 40.0 Å². The Morgan fingerprint density at radius 2 is 1.88 bits per heavy atom. The average molecular weight is 452 g/mol. The highest BCUT2D eigenvalue weighted by molar-refractivity contribution is 5.75. The number of nitrogens with zero attached hydrogens (tertiary/aromatic N) is 4. The van der Waals surface area contributed by atoms with Gasteiger partial charge in [0.15, 0.2) is 11.5 Å². The Labute approximate surface area is 192 Å². The quantitative estimate of drug-likeness (QED) is 0.582. The standard InChI is InChI=1S/C24H29N5O4/c1-31-22-4-2-17-3-5-23(30)29(24(17)27-22)11-10-28-8-6-18(7-9-28)25-15-19-14-20-21(16-26-19)33-13-12-32-20/h2-5,14,16,18,25H,6-13,15H2,1H3. The first kappa shape index (κ1) is 21.7. The average Bonchev–Trinajstić information content (AvgIpc) is 2.87. The van der Waals surface area contributed by atoms with E-state index in [2.05, 4.69) is 20.2 Å². The molecule has 0 bridgehead atoms. The minimum absolute atomic E-state index is 0.0354. The predicted octanol–water partition coefficient (Wildman–Crippen LogP) is 1.83. The van der Waals surface area contributed by atoms with Gasteiger partial charge >= 0.3 is 0 Å². The molecule has 5 heterocycles. The number of likely N-dealkylation sites (tertiary alicyclic amines) is 1. The normalized spacial score (nSPS) is 16.8. The van der Waals surface area contributed by atoms with E-state index in [-0.39, 0.29) is 5.56 Å². The van der Waals surface area contributed by atoms with E-state index >= 15 is 0 Å². The summed E-state index contributed by atoms with van der Waals surface area (Å²) in [6, 6.07) is 9.58. The van der Waals surface area contributed by atoms with E-state index in [9.17, 15) is 4.79 Å². The van der Waals surface area contributed by atoms with E-state index < -0.39 is 0 Å². The number of ether oxygens (including phenoxy) is 3. The molecule has 0 atom stereocenters. The molecule has 2 aliphatic heterocycles. The van der Waals surface area contributed by atoms with Gasteiger partial charge in [-0.05, 0) is 38.1 Å². The molecule has 0 saturated carbocycles. The maximum atomic E-state index is 12.5. The zero-order valence-electron chi connectivity index (χ0n) is 18.8. The lowest BCUT2D eigenvalue weighted by Crippen LogP contribution is -2.43. The molecular weight excluding hydrogens is 422 g/mol.